The van der Waals surface area contributed by atoms with Crippen LogP contribution in [-0.4, -0.2) is 13.0 Å². The van der Waals surface area contributed by atoms with Crippen LogP contribution >= 0.6 is 0 Å². The van der Waals surface area contributed by atoms with Gasteiger partial charge >= 0.3 is 0 Å². The van der Waals surface area contributed by atoms with Gasteiger partial charge in [0.2, 0.25) is 0 Å². The lowest BCUT2D eigenvalue weighted by atomic mass is 10.2. The minimum atomic E-state index is -0.340. The fraction of sp³-hybridized carbons (Fsp3) is 0.214. The van der Waals surface area contributed by atoms with Gasteiger partial charge in [-0.2, -0.15) is 0 Å². The Morgan fingerprint density at radius 2 is 2.19 bits per heavy atom. The van der Waals surface area contributed by atoms with Crippen molar-refractivity contribution in [3.63, 3.8) is 0 Å². The zero-order valence-electron chi connectivity index (χ0n) is 11.4. The molecule has 108 valence electrons. The van der Waals surface area contributed by atoms with Crippen LogP contribution in [0.3, 0.4) is 0 Å². The molecule has 0 saturated heterocycles. The summed E-state index contributed by atoms with van der Waals surface area (Å²) in [6.45, 7) is 0.408. The van der Waals surface area contributed by atoms with Crippen molar-refractivity contribution in [1.29, 1.82) is 0 Å². The normalized spacial score (nSPS) is 9.76. The molecular weight excluding hydrogens is 272 g/mol. The van der Waals surface area contributed by atoms with E-state index in [4.69, 9.17) is 14.7 Å². The second kappa shape index (κ2) is 7.02. The molecule has 1 aromatic carbocycles. The van der Waals surface area contributed by atoms with E-state index in [2.05, 4.69) is 15.3 Å². The van der Waals surface area contributed by atoms with Crippen LogP contribution < -0.4 is 10.1 Å². The van der Waals surface area contributed by atoms with Crippen molar-refractivity contribution < 1.29 is 13.9 Å². The van der Waals surface area contributed by atoms with Crippen molar-refractivity contribution in [2.45, 2.75) is 13.1 Å². The summed E-state index contributed by atoms with van der Waals surface area (Å²) in [6.07, 6.45) is 0. The van der Waals surface area contributed by atoms with E-state index in [0.717, 1.165) is 5.56 Å². The molecule has 7 nitrogen and oxygen atoms in total. The quantitative estimate of drug-likeness (QED) is 0.501. The molecule has 0 bridgehead atoms. The van der Waals surface area contributed by atoms with Crippen LogP contribution in [0.1, 0.15) is 21.9 Å². The van der Waals surface area contributed by atoms with Crippen LogP contribution in [0.15, 0.2) is 45.9 Å². The molecule has 0 spiro atoms. The van der Waals surface area contributed by atoms with Crippen molar-refractivity contribution in [2.75, 3.05) is 7.11 Å². The second-order valence-electron chi connectivity index (χ2n) is 4.15. The van der Waals surface area contributed by atoms with Crippen molar-refractivity contribution in [3.05, 3.63) is 63.9 Å². The molecule has 2 aromatic rings. The van der Waals surface area contributed by atoms with Crippen molar-refractivity contribution in [3.8, 4) is 5.75 Å². The minimum Gasteiger partial charge on any atom is -0.496 e. The highest BCUT2D eigenvalue weighted by Crippen LogP contribution is 2.17. The van der Waals surface area contributed by atoms with Gasteiger partial charge < -0.3 is 14.5 Å². The number of para-hydroxylation sites is 1. The van der Waals surface area contributed by atoms with Gasteiger partial charge in [-0.15, -0.1) is 0 Å². The first kappa shape index (κ1) is 14.5. The summed E-state index contributed by atoms with van der Waals surface area (Å²) in [6, 6.07) is 10.6. The first-order valence-electron chi connectivity index (χ1n) is 6.24. The fourth-order valence-corrected chi connectivity index (χ4v) is 1.80. The molecule has 0 aliphatic heterocycles. The van der Waals surface area contributed by atoms with Crippen LogP contribution in [0.4, 0.5) is 0 Å². The molecule has 1 aromatic heterocycles. The molecule has 0 aliphatic rings. The highest BCUT2D eigenvalue weighted by atomic mass is 16.5. The Morgan fingerprint density at radius 3 is 2.95 bits per heavy atom. The van der Waals surface area contributed by atoms with Gasteiger partial charge in [0.05, 0.1) is 13.7 Å². The van der Waals surface area contributed by atoms with E-state index in [9.17, 15) is 4.79 Å². The van der Waals surface area contributed by atoms with E-state index in [-0.39, 0.29) is 18.2 Å². The highest BCUT2D eigenvalue weighted by Gasteiger charge is 2.11. The number of amides is 1. The third-order valence-electron chi connectivity index (χ3n) is 2.81. The molecular formula is C14H14N4O3. The number of methoxy groups -OCH3 is 1. The van der Waals surface area contributed by atoms with Gasteiger partial charge in [0.15, 0.2) is 5.76 Å². The largest absolute Gasteiger partial charge is 0.496 e. The second-order valence-corrected chi connectivity index (χ2v) is 4.15. The molecule has 0 saturated carbocycles. The molecule has 1 N–H and O–H groups in total. The predicted octanol–water partition coefficient (Wildman–Crippen LogP) is 3.03. The first-order valence-corrected chi connectivity index (χ1v) is 6.24. The summed E-state index contributed by atoms with van der Waals surface area (Å²) < 4.78 is 10.5. The van der Waals surface area contributed by atoms with Crippen LogP contribution in [0.2, 0.25) is 0 Å². The summed E-state index contributed by atoms with van der Waals surface area (Å²) in [4.78, 5) is 14.6. The number of furan rings is 1. The number of hydrogen-bond donors (Lipinski definition) is 1. The minimum absolute atomic E-state index is 0.0797. The molecule has 21 heavy (non-hydrogen) atoms. The molecule has 0 atom stereocenters. The zero-order valence-corrected chi connectivity index (χ0v) is 11.4. The van der Waals surface area contributed by atoms with Crippen LogP contribution in [0, 0.1) is 0 Å². The molecule has 2 rings (SSSR count). The standard InChI is InChI=1S/C14H14N4O3/c1-20-12-5-3-2-4-10(12)8-16-14(19)13-7-6-11(21-13)9-17-18-15/h2-7H,8-9H2,1H3,(H,16,19). The van der Waals surface area contributed by atoms with Gasteiger partial charge in [-0.3, -0.25) is 4.79 Å². The summed E-state index contributed by atoms with van der Waals surface area (Å²) >= 11 is 0. The van der Waals surface area contributed by atoms with E-state index >= 15 is 0 Å². The van der Waals surface area contributed by atoms with E-state index in [1.165, 1.54) is 0 Å². The van der Waals surface area contributed by atoms with Gasteiger partial charge in [0, 0.05) is 17.0 Å². The Morgan fingerprint density at radius 1 is 1.38 bits per heavy atom. The third kappa shape index (κ3) is 3.77. The average Bonchev–Trinajstić information content (AvgIpc) is 2.99. The summed E-state index contributed by atoms with van der Waals surface area (Å²) in [5.41, 5.74) is 9.10. The Bertz CT molecular complexity index is 674. The number of carbonyl (C=O) groups is 1. The third-order valence-corrected chi connectivity index (χ3v) is 2.81. The average molecular weight is 286 g/mol. The molecule has 7 heteroatoms. The maximum absolute atomic E-state index is 12.0. The first-order chi connectivity index (χ1) is 10.2. The number of carbonyl (C=O) groups excluding carboxylic acids is 1. The molecule has 0 aliphatic carbocycles. The Labute approximate surface area is 121 Å². The van der Waals surface area contributed by atoms with E-state index in [0.29, 0.717) is 18.1 Å². The van der Waals surface area contributed by atoms with Crippen molar-refractivity contribution in [1.82, 2.24) is 5.32 Å². The summed E-state index contributed by atoms with van der Waals surface area (Å²) in [5, 5.41) is 6.11. The van der Waals surface area contributed by atoms with Crippen LogP contribution in [0.5, 0.6) is 5.75 Å². The van der Waals surface area contributed by atoms with Gasteiger partial charge in [0.25, 0.3) is 5.91 Å². The van der Waals surface area contributed by atoms with Gasteiger partial charge in [-0.1, -0.05) is 23.3 Å². The summed E-state index contributed by atoms with van der Waals surface area (Å²) in [5.74, 6) is 0.984. The number of rotatable bonds is 6. The van der Waals surface area contributed by atoms with E-state index in [1.54, 1.807) is 19.2 Å². The van der Waals surface area contributed by atoms with Gasteiger partial charge in [0.1, 0.15) is 11.5 Å². The Hall–Kier alpha value is -2.92. The number of hydrogen-bond acceptors (Lipinski definition) is 4. The molecule has 0 fully saturated rings. The fourth-order valence-electron chi connectivity index (χ4n) is 1.80. The molecule has 1 amide bonds. The Balaban J connectivity index is 1.98. The number of nitrogens with zero attached hydrogens (tertiary/aromatic N) is 3. The van der Waals surface area contributed by atoms with Crippen LogP contribution in [-0.2, 0) is 13.1 Å². The number of nitrogens with one attached hydrogen (secondary N) is 1. The lowest BCUT2D eigenvalue weighted by molar-refractivity contribution is 0.0921. The highest BCUT2D eigenvalue weighted by molar-refractivity contribution is 5.91. The zero-order chi connectivity index (χ0) is 15.1. The van der Waals surface area contributed by atoms with E-state index < -0.39 is 0 Å². The number of azide groups is 1. The number of benzene rings is 1. The van der Waals surface area contributed by atoms with Crippen molar-refractivity contribution in [2.24, 2.45) is 5.11 Å². The molecule has 0 unspecified atom stereocenters. The SMILES string of the molecule is COc1ccccc1CNC(=O)c1ccc(CN=[N+]=[N-])o1. The maximum atomic E-state index is 12.0. The lowest BCUT2D eigenvalue weighted by Gasteiger charge is -2.08. The van der Waals surface area contributed by atoms with Crippen molar-refractivity contribution >= 4 is 5.91 Å². The van der Waals surface area contributed by atoms with Crippen LogP contribution in [0.25, 0.3) is 10.4 Å². The molecule has 1 heterocycles. The predicted molar refractivity (Wildman–Crippen MR) is 75.7 cm³/mol. The monoisotopic (exact) mass is 286 g/mol. The van der Waals surface area contributed by atoms with Gasteiger partial charge in [-0.05, 0) is 23.7 Å². The smallest absolute Gasteiger partial charge is 0.287 e. The number of ether oxygens (including phenoxy) is 1. The lowest BCUT2D eigenvalue weighted by Crippen LogP contribution is -2.22. The molecule has 0 radical (unpaired) electrons. The summed E-state index contributed by atoms with van der Waals surface area (Å²) in [7, 11) is 1.58. The van der Waals surface area contributed by atoms with E-state index in [1.807, 2.05) is 24.3 Å². The maximum Gasteiger partial charge on any atom is 0.287 e. The van der Waals surface area contributed by atoms with Gasteiger partial charge in [-0.25, -0.2) is 0 Å². The Kier molecular flexibility index (Phi) is 4.84. The topological polar surface area (TPSA) is 100 Å².